The highest BCUT2D eigenvalue weighted by Crippen LogP contribution is 2.34. The highest BCUT2D eigenvalue weighted by molar-refractivity contribution is 5.82. The summed E-state index contributed by atoms with van der Waals surface area (Å²) in [7, 11) is 0. The summed E-state index contributed by atoms with van der Waals surface area (Å²) in [5, 5.41) is 7.19. The Kier molecular flexibility index (Phi) is 6.44. The van der Waals surface area contributed by atoms with Crippen molar-refractivity contribution in [3.05, 3.63) is 60.4 Å². The van der Waals surface area contributed by atoms with Crippen LogP contribution in [0.25, 0.3) is 22.4 Å². The summed E-state index contributed by atoms with van der Waals surface area (Å²) in [4.78, 5) is 12.1. The number of aryl methyl sites for hydroxylation is 1. The van der Waals surface area contributed by atoms with Crippen LogP contribution in [0.1, 0.15) is 18.6 Å². The summed E-state index contributed by atoms with van der Waals surface area (Å²) in [5.41, 5.74) is 3.77. The zero-order chi connectivity index (χ0) is 20.8. The summed E-state index contributed by atoms with van der Waals surface area (Å²) in [6, 6.07) is 17.6. The van der Waals surface area contributed by atoms with E-state index in [9.17, 15) is 4.79 Å². The maximum Gasteiger partial charge on any atom is 0.257 e. The molecule has 1 amide bonds. The van der Waals surface area contributed by atoms with E-state index in [-0.39, 0.29) is 12.5 Å². The van der Waals surface area contributed by atoms with Crippen LogP contribution < -0.4 is 10.1 Å². The number of benzene rings is 2. The summed E-state index contributed by atoms with van der Waals surface area (Å²) in [6.07, 6.45) is 1.99. The van der Waals surface area contributed by atoms with Gasteiger partial charge in [0.05, 0.1) is 5.56 Å². The molecular formula is C24H26N2O4. The quantitative estimate of drug-likeness (QED) is 0.635. The Morgan fingerprint density at radius 1 is 1.07 bits per heavy atom. The molecule has 0 bridgehead atoms. The number of carbonyl (C=O) groups is 1. The third kappa shape index (κ3) is 4.89. The number of hydrogen-bond donors (Lipinski definition) is 1. The molecule has 2 aromatic carbocycles. The van der Waals surface area contributed by atoms with Crippen LogP contribution in [0.15, 0.2) is 59.1 Å². The lowest BCUT2D eigenvalue weighted by Gasteiger charge is -2.22. The van der Waals surface area contributed by atoms with E-state index in [1.54, 1.807) is 0 Å². The van der Waals surface area contributed by atoms with Crippen LogP contribution in [-0.4, -0.2) is 37.4 Å². The van der Waals surface area contributed by atoms with Crippen LogP contribution in [0.3, 0.4) is 0 Å². The van der Waals surface area contributed by atoms with E-state index in [0.717, 1.165) is 54.2 Å². The molecule has 1 saturated heterocycles. The molecule has 1 N–H and O–H groups in total. The number of nitrogens with zero attached hydrogens (tertiary/aromatic N) is 1. The molecule has 0 spiro atoms. The predicted octanol–water partition coefficient (Wildman–Crippen LogP) is 4.24. The molecule has 1 aromatic heterocycles. The summed E-state index contributed by atoms with van der Waals surface area (Å²) >= 11 is 0. The van der Waals surface area contributed by atoms with Crippen molar-refractivity contribution >= 4 is 5.91 Å². The number of nitrogens with one attached hydrogen (secondary N) is 1. The lowest BCUT2D eigenvalue weighted by atomic mass is 9.99. The lowest BCUT2D eigenvalue weighted by Crippen LogP contribution is -2.35. The molecule has 0 unspecified atom stereocenters. The molecular weight excluding hydrogens is 380 g/mol. The minimum Gasteiger partial charge on any atom is -0.484 e. The Hall–Kier alpha value is -3.12. The van der Waals surface area contributed by atoms with Gasteiger partial charge in [0.2, 0.25) is 0 Å². The average molecular weight is 406 g/mol. The molecule has 0 radical (unpaired) electrons. The maximum atomic E-state index is 12.1. The van der Waals surface area contributed by atoms with Gasteiger partial charge in [-0.1, -0.05) is 35.5 Å². The summed E-state index contributed by atoms with van der Waals surface area (Å²) in [6.45, 7) is 4.15. The topological polar surface area (TPSA) is 73.6 Å². The van der Waals surface area contributed by atoms with Crippen LogP contribution in [0, 0.1) is 12.8 Å². The number of carbonyl (C=O) groups excluding carboxylic acids is 1. The molecule has 6 heteroatoms. The molecule has 0 aliphatic carbocycles. The van der Waals surface area contributed by atoms with Crippen LogP contribution in [0.2, 0.25) is 0 Å². The van der Waals surface area contributed by atoms with E-state index in [1.807, 2.05) is 61.5 Å². The van der Waals surface area contributed by atoms with Gasteiger partial charge in [-0.2, -0.15) is 0 Å². The maximum absolute atomic E-state index is 12.1. The Labute approximate surface area is 176 Å². The average Bonchev–Trinajstić information content (AvgIpc) is 3.19. The Morgan fingerprint density at radius 2 is 1.80 bits per heavy atom. The van der Waals surface area contributed by atoms with Gasteiger partial charge in [0.25, 0.3) is 5.91 Å². The van der Waals surface area contributed by atoms with Crippen molar-refractivity contribution in [1.29, 1.82) is 0 Å². The third-order valence-corrected chi connectivity index (χ3v) is 5.35. The van der Waals surface area contributed by atoms with Crippen LogP contribution >= 0.6 is 0 Å². The number of aromatic nitrogens is 1. The van der Waals surface area contributed by atoms with Crippen LogP contribution in [0.5, 0.6) is 5.75 Å². The van der Waals surface area contributed by atoms with E-state index in [0.29, 0.717) is 18.2 Å². The third-order valence-electron chi connectivity index (χ3n) is 5.35. The molecule has 0 atom stereocenters. The van der Waals surface area contributed by atoms with Crippen molar-refractivity contribution in [2.45, 2.75) is 19.8 Å². The molecule has 1 fully saturated rings. The van der Waals surface area contributed by atoms with Crippen molar-refractivity contribution in [1.82, 2.24) is 10.5 Å². The van der Waals surface area contributed by atoms with Crippen LogP contribution in [-0.2, 0) is 9.53 Å². The Balaban J connectivity index is 1.35. The first kappa shape index (κ1) is 20.2. The molecule has 4 rings (SSSR count). The first-order valence-corrected chi connectivity index (χ1v) is 10.3. The molecule has 0 saturated carbocycles. The molecule has 1 aliphatic rings. The normalized spacial score (nSPS) is 14.4. The standard InChI is InChI=1S/C24H26N2O4/c1-17-23(19-5-3-2-4-6-19)24(26-30-17)20-7-9-21(10-8-20)29-16-22(27)25-15-18-11-13-28-14-12-18/h2-10,18H,11-16H2,1H3,(H,25,27). The number of hydrogen-bond acceptors (Lipinski definition) is 5. The van der Waals surface area contributed by atoms with Gasteiger partial charge >= 0.3 is 0 Å². The fraction of sp³-hybridized carbons (Fsp3) is 0.333. The van der Waals surface area contributed by atoms with Gasteiger partial charge < -0.3 is 19.3 Å². The summed E-state index contributed by atoms with van der Waals surface area (Å²) < 4.78 is 16.4. The van der Waals surface area contributed by atoms with E-state index in [2.05, 4.69) is 10.5 Å². The molecule has 156 valence electrons. The zero-order valence-corrected chi connectivity index (χ0v) is 17.1. The van der Waals surface area contributed by atoms with E-state index < -0.39 is 0 Å². The van der Waals surface area contributed by atoms with Crippen molar-refractivity contribution in [2.24, 2.45) is 5.92 Å². The second kappa shape index (κ2) is 9.59. The number of ether oxygens (including phenoxy) is 2. The Morgan fingerprint density at radius 3 is 2.53 bits per heavy atom. The molecule has 3 aromatic rings. The van der Waals surface area contributed by atoms with Gasteiger partial charge in [-0.25, -0.2) is 0 Å². The zero-order valence-electron chi connectivity index (χ0n) is 17.1. The van der Waals surface area contributed by atoms with E-state index in [4.69, 9.17) is 14.0 Å². The predicted molar refractivity (Wildman–Crippen MR) is 114 cm³/mol. The highest BCUT2D eigenvalue weighted by Gasteiger charge is 2.17. The van der Waals surface area contributed by atoms with E-state index >= 15 is 0 Å². The van der Waals surface area contributed by atoms with Crippen molar-refractivity contribution in [3.63, 3.8) is 0 Å². The highest BCUT2D eigenvalue weighted by atomic mass is 16.5. The molecule has 30 heavy (non-hydrogen) atoms. The largest absolute Gasteiger partial charge is 0.484 e. The number of rotatable bonds is 7. The lowest BCUT2D eigenvalue weighted by molar-refractivity contribution is -0.123. The summed E-state index contributed by atoms with van der Waals surface area (Å²) in [5.74, 6) is 1.80. The minimum atomic E-state index is -0.107. The van der Waals surface area contributed by atoms with Crippen LogP contribution in [0.4, 0.5) is 0 Å². The fourth-order valence-corrected chi connectivity index (χ4v) is 3.63. The second-order valence-corrected chi connectivity index (χ2v) is 7.50. The van der Waals surface area contributed by atoms with Crippen molar-refractivity contribution in [3.8, 4) is 28.1 Å². The van der Waals surface area contributed by atoms with Gasteiger partial charge in [-0.15, -0.1) is 0 Å². The molecule has 1 aliphatic heterocycles. The first-order valence-electron chi connectivity index (χ1n) is 10.3. The molecule has 6 nitrogen and oxygen atoms in total. The van der Waals surface area contributed by atoms with Gasteiger partial charge in [0.15, 0.2) is 6.61 Å². The van der Waals surface area contributed by atoms with Gasteiger partial charge in [-0.3, -0.25) is 4.79 Å². The minimum absolute atomic E-state index is 0.000893. The van der Waals surface area contributed by atoms with E-state index in [1.165, 1.54) is 0 Å². The van der Waals surface area contributed by atoms with Crippen molar-refractivity contribution in [2.75, 3.05) is 26.4 Å². The molecule has 2 heterocycles. The first-order chi connectivity index (χ1) is 14.7. The van der Waals surface area contributed by atoms with Gasteiger partial charge in [0.1, 0.15) is 17.2 Å². The SMILES string of the molecule is Cc1onc(-c2ccc(OCC(=O)NCC3CCOCC3)cc2)c1-c1ccccc1. The number of amides is 1. The second-order valence-electron chi connectivity index (χ2n) is 7.50. The smallest absolute Gasteiger partial charge is 0.257 e. The van der Waals surface area contributed by atoms with Gasteiger partial charge in [0, 0.05) is 25.3 Å². The van der Waals surface area contributed by atoms with Crippen molar-refractivity contribution < 1.29 is 18.8 Å². The Bertz CT molecular complexity index is 961. The van der Waals surface area contributed by atoms with Gasteiger partial charge in [-0.05, 0) is 55.5 Å². The monoisotopic (exact) mass is 406 g/mol. The fourth-order valence-electron chi connectivity index (χ4n) is 3.63.